The molecule has 0 saturated carbocycles. The third-order valence-corrected chi connectivity index (χ3v) is 5.33. The maximum Gasteiger partial charge on any atom is 0.414 e. The number of nitrogens with one attached hydrogen (secondary N) is 2. The number of carbonyl (C=O) groups is 3. The van der Waals surface area contributed by atoms with E-state index in [1.54, 1.807) is 6.92 Å². The van der Waals surface area contributed by atoms with Gasteiger partial charge < -0.3 is 30.6 Å². The highest BCUT2D eigenvalue weighted by Gasteiger charge is 2.22. The Morgan fingerprint density at radius 3 is 1.80 bits per heavy atom. The van der Waals surface area contributed by atoms with Crippen molar-refractivity contribution >= 4 is 41.4 Å². The Bertz CT molecular complexity index is 989. The molecule has 10 heteroatoms. The highest BCUT2D eigenvalue weighted by molar-refractivity contribution is 6.27. The summed E-state index contributed by atoms with van der Waals surface area (Å²) >= 11 is 0. The minimum absolute atomic E-state index is 0.0525. The van der Waals surface area contributed by atoms with Crippen LogP contribution >= 0.6 is 0 Å². The quantitative estimate of drug-likeness (QED) is 0.227. The summed E-state index contributed by atoms with van der Waals surface area (Å²) in [7, 11) is 0. The number of amides is 1. The number of hydrogen-bond donors (Lipinski definition) is 6. The zero-order valence-corrected chi connectivity index (χ0v) is 19.5. The zero-order valence-electron chi connectivity index (χ0n) is 19.5. The standard InChI is InChI=1S/C23H29N3O3.C2H2O4/c1-23(16-27,17-28)25-15-22(29)24-13-6-14-26-20-9-4-2-7-18(20)11-12-19-8-3-5-10-21(19)26;3-1(4)2(5)6/h2-5,7-12,25,27-28H,6,13-17H2,1H3,(H,24,29);(H,3,4)(H,5,6). The van der Waals surface area contributed by atoms with Gasteiger partial charge in [0.2, 0.25) is 5.91 Å². The Kier molecular flexibility index (Phi) is 10.4. The van der Waals surface area contributed by atoms with Gasteiger partial charge in [-0.2, -0.15) is 0 Å². The Hall–Kier alpha value is -3.73. The van der Waals surface area contributed by atoms with Gasteiger partial charge in [-0.15, -0.1) is 0 Å². The molecule has 0 atom stereocenters. The number of carboxylic acids is 2. The summed E-state index contributed by atoms with van der Waals surface area (Å²) in [6.45, 7) is 2.56. The molecule has 6 N–H and O–H groups in total. The van der Waals surface area contributed by atoms with E-state index in [1.165, 1.54) is 11.1 Å². The predicted octanol–water partition coefficient (Wildman–Crippen LogP) is 1.30. The smallest absolute Gasteiger partial charge is 0.414 e. The Morgan fingerprint density at radius 1 is 0.857 bits per heavy atom. The van der Waals surface area contributed by atoms with Crippen molar-refractivity contribution in [1.29, 1.82) is 0 Å². The Balaban J connectivity index is 0.000000641. The van der Waals surface area contributed by atoms with Crippen molar-refractivity contribution in [3.8, 4) is 0 Å². The summed E-state index contributed by atoms with van der Waals surface area (Å²) in [6.07, 6.45) is 5.06. The summed E-state index contributed by atoms with van der Waals surface area (Å²) in [6, 6.07) is 16.6. The first-order valence-electron chi connectivity index (χ1n) is 11.0. The molecular weight excluding hydrogens is 454 g/mol. The number of aliphatic carboxylic acids is 2. The van der Waals surface area contributed by atoms with Crippen LogP contribution in [0.5, 0.6) is 0 Å². The van der Waals surface area contributed by atoms with E-state index in [0.717, 1.165) is 24.3 Å². The van der Waals surface area contributed by atoms with E-state index in [1.807, 2.05) is 24.3 Å². The lowest BCUT2D eigenvalue weighted by Crippen LogP contribution is -2.52. The molecule has 0 unspecified atom stereocenters. The maximum atomic E-state index is 12.1. The van der Waals surface area contributed by atoms with E-state index < -0.39 is 17.5 Å². The lowest BCUT2D eigenvalue weighted by atomic mass is 10.1. The van der Waals surface area contributed by atoms with Gasteiger partial charge in [-0.05, 0) is 36.6 Å². The minimum Gasteiger partial charge on any atom is -0.473 e. The molecule has 3 rings (SSSR count). The molecule has 0 aromatic heterocycles. The molecule has 2 aromatic rings. The van der Waals surface area contributed by atoms with E-state index in [4.69, 9.17) is 19.8 Å². The molecule has 35 heavy (non-hydrogen) atoms. The van der Waals surface area contributed by atoms with Gasteiger partial charge in [0, 0.05) is 24.5 Å². The first kappa shape index (κ1) is 27.5. The number of aliphatic hydroxyl groups is 2. The molecule has 10 nitrogen and oxygen atoms in total. The second kappa shape index (κ2) is 13.2. The molecular formula is C25H31N3O7. The number of rotatable bonds is 9. The molecule has 2 aromatic carbocycles. The van der Waals surface area contributed by atoms with Gasteiger partial charge in [0.1, 0.15) is 0 Å². The number of para-hydroxylation sites is 2. The van der Waals surface area contributed by atoms with E-state index in [2.05, 4.69) is 52.0 Å². The highest BCUT2D eigenvalue weighted by atomic mass is 16.4. The van der Waals surface area contributed by atoms with E-state index in [0.29, 0.717) is 6.54 Å². The third-order valence-electron chi connectivity index (χ3n) is 5.33. The highest BCUT2D eigenvalue weighted by Crippen LogP contribution is 2.35. The van der Waals surface area contributed by atoms with Gasteiger partial charge in [-0.1, -0.05) is 48.6 Å². The number of nitrogens with zero attached hydrogens (tertiary/aromatic N) is 1. The van der Waals surface area contributed by atoms with Crippen molar-refractivity contribution in [3.05, 3.63) is 59.7 Å². The second-order valence-electron chi connectivity index (χ2n) is 8.15. The summed E-state index contributed by atoms with van der Waals surface area (Å²) in [5, 5.41) is 39.1. The molecule has 0 spiro atoms. The van der Waals surface area contributed by atoms with E-state index in [9.17, 15) is 15.0 Å². The summed E-state index contributed by atoms with van der Waals surface area (Å²) in [5.74, 6) is -3.80. The second-order valence-corrected chi connectivity index (χ2v) is 8.15. The third kappa shape index (κ3) is 8.21. The first-order chi connectivity index (χ1) is 16.7. The van der Waals surface area contributed by atoms with Crippen LogP contribution in [-0.2, 0) is 14.4 Å². The van der Waals surface area contributed by atoms with Crippen LogP contribution in [0.25, 0.3) is 12.2 Å². The lowest BCUT2D eigenvalue weighted by Gasteiger charge is -2.27. The van der Waals surface area contributed by atoms with Crippen molar-refractivity contribution < 1.29 is 34.8 Å². The number of carbonyl (C=O) groups excluding carboxylic acids is 1. The number of aliphatic hydroxyl groups excluding tert-OH is 2. The van der Waals surface area contributed by atoms with Crippen LogP contribution < -0.4 is 15.5 Å². The van der Waals surface area contributed by atoms with Gasteiger partial charge >= 0.3 is 11.9 Å². The number of hydrogen-bond acceptors (Lipinski definition) is 7. The van der Waals surface area contributed by atoms with E-state index in [-0.39, 0.29) is 25.7 Å². The molecule has 1 aliphatic rings. The van der Waals surface area contributed by atoms with Crippen molar-refractivity contribution in [1.82, 2.24) is 10.6 Å². The number of benzene rings is 2. The van der Waals surface area contributed by atoms with Crippen LogP contribution in [0.4, 0.5) is 11.4 Å². The lowest BCUT2D eigenvalue weighted by molar-refractivity contribution is -0.159. The molecule has 1 heterocycles. The Morgan fingerprint density at radius 2 is 1.34 bits per heavy atom. The predicted molar refractivity (Wildman–Crippen MR) is 132 cm³/mol. The van der Waals surface area contributed by atoms with Crippen LogP contribution in [-0.4, -0.2) is 76.7 Å². The maximum absolute atomic E-state index is 12.1. The van der Waals surface area contributed by atoms with Crippen molar-refractivity contribution in [2.24, 2.45) is 0 Å². The van der Waals surface area contributed by atoms with Crippen LogP contribution in [0.1, 0.15) is 24.5 Å². The van der Waals surface area contributed by atoms with Crippen molar-refractivity contribution in [2.45, 2.75) is 18.9 Å². The van der Waals surface area contributed by atoms with Gasteiger partial charge in [0.05, 0.1) is 25.3 Å². The van der Waals surface area contributed by atoms with Crippen molar-refractivity contribution in [3.63, 3.8) is 0 Å². The fraction of sp³-hybridized carbons (Fsp3) is 0.320. The van der Waals surface area contributed by atoms with Gasteiger partial charge in [0.25, 0.3) is 0 Å². The summed E-state index contributed by atoms with van der Waals surface area (Å²) < 4.78 is 0. The Labute approximate surface area is 203 Å². The number of anilines is 2. The van der Waals surface area contributed by atoms with Crippen molar-refractivity contribution in [2.75, 3.05) is 37.7 Å². The summed E-state index contributed by atoms with van der Waals surface area (Å²) in [4.78, 5) is 32.6. The monoisotopic (exact) mass is 485 g/mol. The SMILES string of the molecule is CC(CO)(CO)NCC(=O)NCCCN1c2ccccc2C=Cc2ccccc21.O=C(O)C(=O)O. The fourth-order valence-corrected chi connectivity index (χ4v) is 3.28. The molecule has 0 bridgehead atoms. The van der Waals surface area contributed by atoms with E-state index >= 15 is 0 Å². The molecule has 0 radical (unpaired) electrons. The fourth-order valence-electron chi connectivity index (χ4n) is 3.28. The normalized spacial score (nSPS) is 11.9. The number of fused-ring (bicyclic) bond motifs is 2. The molecule has 0 saturated heterocycles. The van der Waals surface area contributed by atoms with Gasteiger partial charge in [-0.3, -0.25) is 10.1 Å². The minimum atomic E-state index is -1.82. The van der Waals surface area contributed by atoms with Crippen LogP contribution in [0.2, 0.25) is 0 Å². The molecule has 0 aliphatic carbocycles. The average Bonchev–Trinajstić information content (AvgIpc) is 3.02. The average molecular weight is 486 g/mol. The molecule has 1 amide bonds. The topological polar surface area (TPSA) is 159 Å². The molecule has 0 fully saturated rings. The zero-order chi connectivity index (χ0) is 25.8. The van der Waals surface area contributed by atoms with Gasteiger partial charge in [-0.25, -0.2) is 9.59 Å². The summed E-state index contributed by atoms with van der Waals surface area (Å²) in [5.41, 5.74) is 3.80. The van der Waals surface area contributed by atoms with Crippen LogP contribution in [0, 0.1) is 0 Å². The largest absolute Gasteiger partial charge is 0.473 e. The number of carboxylic acid groups (broad SMARTS) is 2. The van der Waals surface area contributed by atoms with Crippen LogP contribution in [0.15, 0.2) is 48.5 Å². The van der Waals surface area contributed by atoms with Crippen LogP contribution in [0.3, 0.4) is 0 Å². The molecule has 1 aliphatic heterocycles. The molecule has 188 valence electrons. The first-order valence-corrected chi connectivity index (χ1v) is 11.0. The van der Waals surface area contributed by atoms with Gasteiger partial charge in [0.15, 0.2) is 0 Å².